The molecule has 4 heteroatoms. The van der Waals surface area contributed by atoms with Crippen LogP contribution in [-0.4, -0.2) is 29.5 Å². The lowest BCUT2D eigenvalue weighted by molar-refractivity contribution is 0.263. The van der Waals surface area contributed by atoms with E-state index in [4.69, 9.17) is 4.74 Å². The fourth-order valence-electron chi connectivity index (χ4n) is 1.97. The lowest BCUT2D eigenvalue weighted by Gasteiger charge is -2.16. The second-order valence-electron chi connectivity index (χ2n) is 4.67. The number of aromatic nitrogens is 2. The Morgan fingerprint density at radius 2 is 2.11 bits per heavy atom. The van der Waals surface area contributed by atoms with E-state index in [0.717, 1.165) is 18.6 Å². The first-order chi connectivity index (χ1) is 9.28. The second kappa shape index (κ2) is 6.95. The highest BCUT2D eigenvalue weighted by molar-refractivity contribution is 5.20. The minimum absolute atomic E-state index is 0.348. The summed E-state index contributed by atoms with van der Waals surface area (Å²) in [5.41, 5.74) is 1.27. The highest BCUT2D eigenvalue weighted by Crippen LogP contribution is 2.10. The van der Waals surface area contributed by atoms with Crippen LogP contribution in [-0.2, 0) is 13.5 Å². The highest BCUT2D eigenvalue weighted by atomic mass is 16.5. The predicted molar refractivity (Wildman–Crippen MR) is 76.3 cm³/mol. The molecule has 1 atom stereocenters. The molecular formula is C15H21N3O. The van der Waals surface area contributed by atoms with Gasteiger partial charge >= 0.3 is 0 Å². The number of ether oxygens (including phenoxy) is 1. The number of aryl methyl sites for hydroxylation is 2. The number of benzene rings is 1. The Kier molecular flexibility index (Phi) is 4.98. The van der Waals surface area contributed by atoms with Gasteiger partial charge in [0.2, 0.25) is 0 Å². The van der Waals surface area contributed by atoms with Gasteiger partial charge in [-0.3, -0.25) is 4.68 Å². The molecule has 0 saturated carbocycles. The number of rotatable bonds is 7. The Morgan fingerprint density at radius 3 is 2.74 bits per heavy atom. The van der Waals surface area contributed by atoms with Crippen molar-refractivity contribution >= 4 is 0 Å². The molecule has 19 heavy (non-hydrogen) atoms. The van der Waals surface area contributed by atoms with Gasteiger partial charge < -0.3 is 10.1 Å². The zero-order valence-corrected chi connectivity index (χ0v) is 11.5. The minimum atomic E-state index is 0.348. The lowest BCUT2D eigenvalue weighted by Crippen LogP contribution is -2.32. The highest BCUT2D eigenvalue weighted by Gasteiger charge is 2.08. The number of hydrogen-bond acceptors (Lipinski definition) is 3. The fraction of sp³-hybridized carbons (Fsp3) is 0.400. The molecule has 0 amide bonds. The van der Waals surface area contributed by atoms with Gasteiger partial charge in [-0.15, -0.1) is 0 Å². The van der Waals surface area contributed by atoms with Gasteiger partial charge in [0.05, 0.1) is 6.20 Å². The van der Waals surface area contributed by atoms with Gasteiger partial charge in [-0.1, -0.05) is 18.2 Å². The average Bonchev–Trinajstić information content (AvgIpc) is 2.86. The molecule has 2 aromatic rings. The van der Waals surface area contributed by atoms with Crippen LogP contribution in [0.15, 0.2) is 42.7 Å². The third kappa shape index (κ3) is 4.41. The molecule has 0 bridgehead atoms. The van der Waals surface area contributed by atoms with Crippen LogP contribution in [0, 0.1) is 0 Å². The molecule has 1 N–H and O–H groups in total. The summed E-state index contributed by atoms with van der Waals surface area (Å²) in [6.07, 6.45) is 6.03. The van der Waals surface area contributed by atoms with Crippen LogP contribution in [0.1, 0.15) is 12.0 Å². The Morgan fingerprint density at radius 1 is 1.32 bits per heavy atom. The first kappa shape index (κ1) is 13.6. The van der Waals surface area contributed by atoms with Crippen molar-refractivity contribution in [3.8, 4) is 5.75 Å². The molecule has 1 unspecified atom stereocenters. The third-order valence-electron chi connectivity index (χ3n) is 3.14. The Bertz CT molecular complexity index is 481. The van der Waals surface area contributed by atoms with E-state index in [-0.39, 0.29) is 0 Å². The van der Waals surface area contributed by atoms with Gasteiger partial charge in [0.15, 0.2) is 0 Å². The summed E-state index contributed by atoms with van der Waals surface area (Å²) in [7, 11) is 3.92. The molecule has 0 aliphatic heterocycles. The normalized spacial score (nSPS) is 12.3. The number of hydrogen-bond donors (Lipinski definition) is 1. The molecule has 1 aromatic carbocycles. The predicted octanol–water partition coefficient (Wildman–Crippen LogP) is 2.02. The molecule has 1 heterocycles. The molecule has 1 aromatic heterocycles. The van der Waals surface area contributed by atoms with Crippen molar-refractivity contribution in [2.45, 2.75) is 18.9 Å². The SMILES string of the molecule is CNC(CCc1cnn(C)c1)COc1ccccc1. The number of para-hydroxylation sites is 1. The maximum absolute atomic E-state index is 5.77. The van der Waals surface area contributed by atoms with Crippen LogP contribution >= 0.6 is 0 Å². The van der Waals surface area contributed by atoms with Crippen molar-refractivity contribution in [3.63, 3.8) is 0 Å². The molecule has 2 rings (SSSR count). The van der Waals surface area contributed by atoms with Crippen LogP contribution in [0.25, 0.3) is 0 Å². The number of nitrogens with one attached hydrogen (secondary N) is 1. The molecule has 0 aliphatic carbocycles. The Labute approximate surface area is 114 Å². The third-order valence-corrected chi connectivity index (χ3v) is 3.14. The molecule has 0 aliphatic rings. The summed E-state index contributed by atoms with van der Waals surface area (Å²) >= 11 is 0. The summed E-state index contributed by atoms with van der Waals surface area (Å²) in [6, 6.07) is 10.3. The maximum atomic E-state index is 5.77. The van der Waals surface area contributed by atoms with Crippen molar-refractivity contribution in [2.24, 2.45) is 7.05 Å². The standard InChI is InChI=1S/C15H21N3O/c1-16-14(9-8-13-10-17-18(2)11-13)12-19-15-6-4-3-5-7-15/h3-7,10-11,14,16H,8-9,12H2,1-2H3. The van der Waals surface area contributed by atoms with Crippen molar-refractivity contribution in [1.29, 1.82) is 0 Å². The molecule has 102 valence electrons. The van der Waals surface area contributed by atoms with Gasteiger partial charge in [0.25, 0.3) is 0 Å². The van der Waals surface area contributed by atoms with E-state index in [1.807, 2.05) is 55.3 Å². The molecule has 4 nitrogen and oxygen atoms in total. The minimum Gasteiger partial charge on any atom is -0.492 e. The van der Waals surface area contributed by atoms with E-state index in [2.05, 4.69) is 16.6 Å². The first-order valence-corrected chi connectivity index (χ1v) is 6.60. The molecular weight excluding hydrogens is 238 g/mol. The quantitative estimate of drug-likeness (QED) is 0.827. The number of likely N-dealkylation sites (N-methyl/N-ethyl adjacent to an activating group) is 1. The van der Waals surface area contributed by atoms with Crippen molar-refractivity contribution in [1.82, 2.24) is 15.1 Å². The van der Waals surface area contributed by atoms with Crippen LogP contribution in [0.3, 0.4) is 0 Å². The van der Waals surface area contributed by atoms with Crippen molar-refractivity contribution in [2.75, 3.05) is 13.7 Å². The second-order valence-corrected chi connectivity index (χ2v) is 4.67. The van der Waals surface area contributed by atoms with E-state index in [1.165, 1.54) is 5.56 Å². The number of nitrogens with zero attached hydrogens (tertiary/aromatic N) is 2. The van der Waals surface area contributed by atoms with Crippen LogP contribution in [0.5, 0.6) is 5.75 Å². The van der Waals surface area contributed by atoms with Gasteiger partial charge in [-0.05, 0) is 37.6 Å². The maximum Gasteiger partial charge on any atom is 0.119 e. The molecule has 0 radical (unpaired) electrons. The molecule has 0 saturated heterocycles. The van der Waals surface area contributed by atoms with Crippen molar-refractivity contribution in [3.05, 3.63) is 48.3 Å². The van der Waals surface area contributed by atoms with E-state index < -0.39 is 0 Å². The summed E-state index contributed by atoms with van der Waals surface area (Å²) in [4.78, 5) is 0. The van der Waals surface area contributed by atoms with Crippen LogP contribution in [0.2, 0.25) is 0 Å². The Hall–Kier alpha value is -1.81. The van der Waals surface area contributed by atoms with Gasteiger partial charge in [0, 0.05) is 19.3 Å². The average molecular weight is 259 g/mol. The fourth-order valence-corrected chi connectivity index (χ4v) is 1.97. The van der Waals surface area contributed by atoms with Gasteiger partial charge in [-0.2, -0.15) is 5.10 Å². The van der Waals surface area contributed by atoms with E-state index in [1.54, 1.807) is 0 Å². The monoisotopic (exact) mass is 259 g/mol. The molecule has 0 spiro atoms. The first-order valence-electron chi connectivity index (χ1n) is 6.60. The van der Waals surface area contributed by atoms with Crippen LogP contribution < -0.4 is 10.1 Å². The summed E-state index contributed by atoms with van der Waals surface area (Å²) in [5.74, 6) is 0.920. The van der Waals surface area contributed by atoms with Gasteiger partial charge in [0.1, 0.15) is 12.4 Å². The summed E-state index contributed by atoms with van der Waals surface area (Å²) in [5, 5.41) is 7.48. The van der Waals surface area contributed by atoms with Crippen molar-refractivity contribution < 1.29 is 4.74 Å². The zero-order chi connectivity index (χ0) is 13.5. The Balaban J connectivity index is 1.77. The summed E-state index contributed by atoms with van der Waals surface area (Å²) < 4.78 is 7.61. The summed E-state index contributed by atoms with van der Waals surface area (Å²) in [6.45, 7) is 0.681. The zero-order valence-electron chi connectivity index (χ0n) is 11.5. The topological polar surface area (TPSA) is 39.1 Å². The lowest BCUT2D eigenvalue weighted by atomic mass is 10.1. The largest absolute Gasteiger partial charge is 0.492 e. The van der Waals surface area contributed by atoms with Gasteiger partial charge in [-0.25, -0.2) is 0 Å². The smallest absolute Gasteiger partial charge is 0.119 e. The van der Waals surface area contributed by atoms with E-state index in [0.29, 0.717) is 12.6 Å². The van der Waals surface area contributed by atoms with E-state index >= 15 is 0 Å². The molecule has 0 fully saturated rings. The van der Waals surface area contributed by atoms with E-state index in [9.17, 15) is 0 Å². The van der Waals surface area contributed by atoms with Crippen LogP contribution in [0.4, 0.5) is 0 Å².